The first-order chi connectivity index (χ1) is 7.27. The molecule has 0 spiro atoms. The summed E-state index contributed by atoms with van der Waals surface area (Å²) in [5, 5.41) is 14.0. The maximum absolute atomic E-state index is 10.0. The monoisotopic (exact) mass is 211 g/mol. The molecule has 0 aromatic carbocycles. The van der Waals surface area contributed by atoms with E-state index in [0.717, 1.165) is 25.3 Å². The Morgan fingerprint density at radius 3 is 3.20 bits per heavy atom. The zero-order valence-electron chi connectivity index (χ0n) is 8.96. The maximum atomic E-state index is 10.0. The molecular weight excluding hydrogens is 194 g/mol. The number of aromatic nitrogens is 3. The summed E-state index contributed by atoms with van der Waals surface area (Å²) in [6.07, 6.45) is 3.79. The number of aryl methyl sites for hydroxylation is 1. The summed E-state index contributed by atoms with van der Waals surface area (Å²) in [6, 6.07) is 0. The number of aliphatic hydroxyl groups excluding tert-OH is 1. The largest absolute Gasteiger partial charge is 0.392 e. The van der Waals surface area contributed by atoms with Gasteiger partial charge in [0, 0.05) is 26.0 Å². The molecule has 5 nitrogen and oxygen atoms in total. The normalized spacial score (nSPS) is 24.0. The standard InChI is InChI=1S/C10H17N3O2/c1-13-10(11-7-12-13)5-9(14)8-3-2-4-15-6-8/h7-9,14H,2-6H2,1H3. The highest BCUT2D eigenvalue weighted by molar-refractivity contribution is 4.88. The van der Waals surface area contributed by atoms with Crippen LogP contribution >= 0.6 is 0 Å². The molecule has 0 radical (unpaired) electrons. The van der Waals surface area contributed by atoms with Crippen LogP contribution in [0.1, 0.15) is 18.7 Å². The average Bonchev–Trinajstić information content (AvgIpc) is 2.66. The van der Waals surface area contributed by atoms with Gasteiger partial charge in [-0.25, -0.2) is 4.98 Å². The first kappa shape index (κ1) is 10.6. The molecule has 1 aliphatic rings. The minimum Gasteiger partial charge on any atom is -0.392 e. The van der Waals surface area contributed by atoms with E-state index in [1.54, 1.807) is 4.68 Å². The third kappa shape index (κ3) is 2.54. The van der Waals surface area contributed by atoms with Gasteiger partial charge in [0.25, 0.3) is 0 Å². The number of rotatable bonds is 3. The lowest BCUT2D eigenvalue weighted by Gasteiger charge is -2.26. The van der Waals surface area contributed by atoms with Gasteiger partial charge in [-0.2, -0.15) is 5.10 Å². The van der Waals surface area contributed by atoms with Crippen LogP contribution in [0.25, 0.3) is 0 Å². The van der Waals surface area contributed by atoms with Crippen LogP contribution in [0.2, 0.25) is 0 Å². The molecule has 1 saturated heterocycles. The Morgan fingerprint density at radius 1 is 1.73 bits per heavy atom. The average molecular weight is 211 g/mol. The van der Waals surface area contributed by atoms with E-state index in [9.17, 15) is 5.11 Å². The molecule has 1 N–H and O–H groups in total. The predicted molar refractivity (Wildman–Crippen MR) is 54.3 cm³/mol. The summed E-state index contributed by atoms with van der Waals surface area (Å²) >= 11 is 0. The minimum absolute atomic E-state index is 0.246. The molecule has 1 aliphatic heterocycles. The molecule has 2 unspecified atom stereocenters. The van der Waals surface area contributed by atoms with Crippen LogP contribution in [0.5, 0.6) is 0 Å². The molecule has 0 amide bonds. The van der Waals surface area contributed by atoms with E-state index in [4.69, 9.17) is 4.74 Å². The van der Waals surface area contributed by atoms with Gasteiger partial charge in [-0.05, 0) is 12.8 Å². The van der Waals surface area contributed by atoms with Gasteiger partial charge in [-0.3, -0.25) is 4.68 Å². The molecule has 1 aromatic rings. The second-order valence-corrected chi connectivity index (χ2v) is 4.05. The van der Waals surface area contributed by atoms with Crippen LogP contribution in [-0.4, -0.2) is 39.2 Å². The van der Waals surface area contributed by atoms with Crippen molar-refractivity contribution < 1.29 is 9.84 Å². The van der Waals surface area contributed by atoms with Gasteiger partial charge in [0.2, 0.25) is 0 Å². The van der Waals surface area contributed by atoms with E-state index in [1.807, 2.05) is 7.05 Å². The number of hydrogen-bond acceptors (Lipinski definition) is 4. The zero-order chi connectivity index (χ0) is 10.7. The highest BCUT2D eigenvalue weighted by atomic mass is 16.5. The highest BCUT2D eigenvalue weighted by Crippen LogP contribution is 2.19. The van der Waals surface area contributed by atoms with Gasteiger partial charge in [-0.1, -0.05) is 0 Å². The van der Waals surface area contributed by atoms with Crippen LogP contribution in [-0.2, 0) is 18.2 Å². The molecule has 2 atom stereocenters. The van der Waals surface area contributed by atoms with Crippen LogP contribution < -0.4 is 0 Å². The number of aliphatic hydroxyl groups is 1. The second kappa shape index (κ2) is 4.72. The van der Waals surface area contributed by atoms with Crippen molar-refractivity contribution in [2.24, 2.45) is 13.0 Å². The van der Waals surface area contributed by atoms with Crippen LogP contribution in [0.3, 0.4) is 0 Å². The molecule has 0 saturated carbocycles. The Balaban J connectivity index is 1.91. The molecule has 15 heavy (non-hydrogen) atoms. The van der Waals surface area contributed by atoms with E-state index in [-0.39, 0.29) is 12.0 Å². The van der Waals surface area contributed by atoms with Gasteiger partial charge >= 0.3 is 0 Å². The summed E-state index contributed by atoms with van der Waals surface area (Å²) < 4.78 is 7.05. The molecule has 0 bridgehead atoms. The van der Waals surface area contributed by atoms with Crippen molar-refractivity contribution in [1.82, 2.24) is 14.8 Å². The van der Waals surface area contributed by atoms with Crippen molar-refractivity contribution in [3.63, 3.8) is 0 Å². The Bertz CT molecular complexity index is 307. The summed E-state index contributed by atoms with van der Waals surface area (Å²) in [7, 11) is 1.84. The second-order valence-electron chi connectivity index (χ2n) is 4.05. The Kier molecular flexibility index (Phi) is 3.33. The zero-order valence-corrected chi connectivity index (χ0v) is 8.96. The van der Waals surface area contributed by atoms with Gasteiger partial charge < -0.3 is 9.84 Å². The number of hydrogen-bond donors (Lipinski definition) is 1. The smallest absolute Gasteiger partial charge is 0.138 e. The summed E-state index contributed by atoms with van der Waals surface area (Å²) in [6.45, 7) is 1.49. The minimum atomic E-state index is -0.367. The maximum Gasteiger partial charge on any atom is 0.138 e. The molecule has 1 aromatic heterocycles. The van der Waals surface area contributed by atoms with Crippen molar-refractivity contribution in [3.05, 3.63) is 12.2 Å². The number of ether oxygens (including phenoxy) is 1. The van der Waals surface area contributed by atoms with E-state index >= 15 is 0 Å². The highest BCUT2D eigenvalue weighted by Gasteiger charge is 2.23. The van der Waals surface area contributed by atoms with Gasteiger partial charge in [-0.15, -0.1) is 0 Å². The quantitative estimate of drug-likeness (QED) is 0.773. The lowest BCUT2D eigenvalue weighted by Crippen LogP contribution is -2.31. The van der Waals surface area contributed by atoms with Crippen molar-refractivity contribution in [1.29, 1.82) is 0 Å². The lowest BCUT2D eigenvalue weighted by atomic mass is 9.94. The van der Waals surface area contributed by atoms with Crippen LogP contribution in [0.4, 0.5) is 0 Å². The number of nitrogens with zero attached hydrogens (tertiary/aromatic N) is 3. The fourth-order valence-corrected chi connectivity index (χ4v) is 1.93. The topological polar surface area (TPSA) is 60.2 Å². The predicted octanol–water partition coefficient (Wildman–Crippen LogP) is 0.145. The van der Waals surface area contributed by atoms with Gasteiger partial charge in [0.05, 0.1) is 12.7 Å². The fourth-order valence-electron chi connectivity index (χ4n) is 1.93. The fraction of sp³-hybridized carbons (Fsp3) is 0.800. The van der Waals surface area contributed by atoms with E-state index < -0.39 is 0 Å². The Morgan fingerprint density at radius 2 is 2.60 bits per heavy atom. The molecule has 1 fully saturated rings. The molecule has 0 aliphatic carbocycles. The van der Waals surface area contributed by atoms with Crippen LogP contribution in [0.15, 0.2) is 6.33 Å². The van der Waals surface area contributed by atoms with Crippen molar-refractivity contribution in [2.75, 3.05) is 13.2 Å². The van der Waals surface area contributed by atoms with Crippen molar-refractivity contribution >= 4 is 0 Å². The lowest BCUT2D eigenvalue weighted by molar-refractivity contribution is -0.00940. The molecule has 2 heterocycles. The van der Waals surface area contributed by atoms with Crippen molar-refractivity contribution in [3.8, 4) is 0 Å². The Labute approximate surface area is 89.1 Å². The van der Waals surface area contributed by atoms with E-state index in [2.05, 4.69) is 10.1 Å². The van der Waals surface area contributed by atoms with E-state index in [1.165, 1.54) is 6.33 Å². The first-order valence-corrected chi connectivity index (χ1v) is 5.36. The summed E-state index contributed by atoms with van der Waals surface area (Å²) in [4.78, 5) is 4.10. The SMILES string of the molecule is Cn1ncnc1CC(O)C1CCCOC1. The molecule has 84 valence electrons. The Hall–Kier alpha value is -0.940. The van der Waals surface area contributed by atoms with Gasteiger partial charge in [0.15, 0.2) is 0 Å². The molecule has 5 heteroatoms. The van der Waals surface area contributed by atoms with E-state index in [0.29, 0.717) is 13.0 Å². The molecule has 2 rings (SSSR count). The van der Waals surface area contributed by atoms with Gasteiger partial charge in [0.1, 0.15) is 12.2 Å². The summed E-state index contributed by atoms with van der Waals surface area (Å²) in [5.74, 6) is 1.07. The summed E-state index contributed by atoms with van der Waals surface area (Å²) in [5.41, 5.74) is 0. The first-order valence-electron chi connectivity index (χ1n) is 5.36. The third-order valence-electron chi connectivity index (χ3n) is 2.94. The third-order valence-corrected chi connectivity index (χ3v) is 2.94. The van der Waals surface area contributed by atoms with Crippen molar-refractivity contribution in [2.45, 2.75) is 25.4 Å². The van der Waals surface area contributed by atoms with Crippen LogP contribution in [0, 0.1) is 5.92 Å². The molecular formula is C10H17N3O2.